The van der Waals surface area contributed by atoms with Crippen LogP contribution in [0.25, 0.3) is 0 Å². The van der Waals surface area contributed by atoms with Crippen molar-refractivity contribution in [2.75, 3.05) is 19.6 Å². The van der Waals surface area contributed by atoms with Crippen molar-refractivity contribution < 1.29 is 9.18 Å². The third-order valence-electron chi connectivity index (χ3n) is 5.94. The summed E-state index contributed by atoms with van der Waals surface area (Å²) in [7, 11) is 0. The Morgan fingerprint density at radius 3 is 2.68 bits per heavy atom. The molecule has 4 rings (SSSR count). The average Bonchev–Trinajstić information content (AvgIpc) is 3.13. The van der Waals surface area contributed by atoms with Gasteiger partial charge in [0.25, 0.3) is 0 Å². The number of amides is 1. The van der Waals surface area contributed by atoms with Gasteiger partial charge in [0.05, 0.1) is 17.2 Å². The summed E-state index contributed by atoms with van der Waals surface area (Å²) in [4.78, 5) is 18.8. The predicted octanol–water partition coefficient (Wildman–Crippen LogP) is 3.63. The van der Waals surface area contributed by atoms with Crippen LogP contribution in [0.2, 0.25) is 0 Å². The molecule has 138 valence electrons. The molecule has 2 heterocycles. The second-order valence-corrected chi connectivity index (χ2v) is 8.97. The Morgan fingerprint density at radius 1 is 1.28 bits per heavy atom. The number of thiazole rings is 1. The summed E-state index contributed by atoms with van der Waals surface area (Å²) in [5, 5.41) is 6.29. The molecule has 3 aliphatic rings. The summed E-state index contributed by atoms with van der Waals surface area (Å²) in [6, 6.07) is 0. The number of nitrogens with zero attached hydrogens (tertiary/aromatic N) is 2. The van der Waals surface area contributed by atoms with Gasteiger partial charge in [-0.2, -0.15) is 0 Å². The number of hydrogen-bond donors (Lipinski definition) is 1. The van der Waals surface area contributed by atoms with E-state index in [1.807, 2.05) is 0 Å². The van der Waals surface area contributed by atoms with E-state index in [0.717, 1.165) is 38.2 Å². The van der Waals surface area contributed by atoms with Crippen molar-refractivity contribution in [1.29, 1.82) is 0 Å². The number of likely N-dealkylation sites (tertiary alicyclic amines) is 1. The van der Waals surface area contributed by atoms with Crippen LogP contribution in [0.3, 0.4) is 0 Å². The Hall–Kier alpha value is -1.01. The van der Waals surface area contributed by atoms with E-state index in [1.165, 1.54) is 30.7 Å². The molecule has 0 bridgehead atoms. The topological polar surface area (TPSA) is 45.2 Å². The van der Waals surface area contributed by atoms with E-state index in [-0.39, 0.29) is 18.4 Å². The van der Waals surface area contributed by atoms with Gasteiger partial charge in [-0.1, -0.05) is 12.8 Å². The van der Waals surface area contributed by atoms with Crippen molar-refractivity contribution in [1.82, 2.24) is 15.2 Å². The summed E-state index contributed by atoms with van der Waals surface area (Å²) in [6.45, 7) is 2.49. The molecule has 0 spiro atoms. The number of halogens is 1. The maximum Gasteiger partial charge on any atom is 0.223 e. The maximum absolute atomic E-state index is 14.9. The smallest absolute Gasteiger partial charge is 0.223 e. The summed E-state index contributed by atoms with van der Waals surface area (Å²) in [5.74, 6) is 0.873. The molecule has 6 heteroatoms. The molecule has 1 saturated heterocycles. The van der Waals surface area contributed by atoms with Crippen LogP contribution in [0.15, 0.2) is 5.38 Å². The highest BCUT2D eigenvalue weighted by Gasteiger charge is 2.37. The summed E-state index contributed by atoms with van der Waals surface area (Å²) in [6.07, 6.45) is 8.17. The molecule has 0 atom stereocenters. The molecule has 3 fully saturated rings. The first-order valence-corrected chi connectivity index (χ1v) is 10.6. The summed E-state index contributed by atoms with van der Waals surface area (Å²) >= 11 is 1.80. The lowest BCUT2D eigenvalue weighted by molar-refractivity contribution is -0.123. The van der Waals surface area contributed by atoms with Crippen molar-refractivity contribution in [3.05, 3.63) is 16.1 Å². The Balaban J connectivity index is 1.23. The zero-order valence-electron chi connectivity index (χ0n) is 14.8. The lowest BCUT2D eigenvalue weighted by Crippen LogP contribution is -2.48. The van der Waals surface area contributed by atoms with Crippen LogP contribution < -0.4 is 5.32 Å². The molecule has 0 unspecified atom stereocenters. The van der Waals surface area contributed by atoms with E-state index in [4.69, 9.17) is 4.98 Å². The zero-order chi connectivity index (χ0) is 17.3. The van der Waals surface area contributed by atoms with Gasteiger partial charge in [-0.15, -0.1) is 11.3 Å². The number of rotatable bonds is 6. The van der Waals surface area contributed by atoms with Crippen LogP contribution in [0.5, 0.6) is 0 Å². The molecule has 1 aromatic rings. The normalized spacial score (nSPS) is 24.5. The van der Waals surface area contributed by atoms with Crippen LogP contribution in [0, 0.1) is 5.92 Å². The quantitative estimate of drug-likeness (QED) is 0.837. The molecule has 2 saturated carbocycles. The Kier molecular flexibility index (Phi) is 5.09. The molecular weight excluding hydrogens is 337 g/mol. The van der Waals surface area contributed by atoms with Gasteiger partial charge in [0.15, 0.2) is 0 Å². The minimum Gasteiger partial charge on any atom is -0.353 e. The van der Waals surface area contributed by atoms with E-state index in [9.17, 15) is 9.18 Å². The minimum absolute atomic E-state index is 0.0429. The second-order valence-electron chi connectivity index (χ2n) is 8.08. The molecule has 1 N–H and O–H groups in total. The van der Waals surface area contributed by atoms with Gasteiger partial charge in [0, 0.05) is 36.9 Å². The van der Waals surface area contributed by atoms with Gasteiger partial charge in [-0.25, -0.2) is 9.37 Å². The minimum atomic E-state index is -1.24. The largest absolute Gasteiger partial charge is 0.353 e. The van der Waals surface area contributed by atoms with E-state index in [1.54, 1.807) is 11.3 Å². The van der Waals surface area contributed by atoms with Crippen LogP contribution in [0.1, 0.15) is 68.0 Å². The maximum atomic E-state index is 14.9. The highest BCUT2D eigenvalue weighted by Crippen LogP contribution is 2.36. The molecule has 2 aliphatic carbocycles. The average molecular weight is 366 g/mol. The van der Waals surface area contributed by atoms with Gasteiger partial charge >= 0.3 is 0 Å². The van der Waals surface area contributed by atoms with Crippen molar-refractivity contribution >= 4 is 17.2 Å². The van der Waals surface area contributed by atoms with E-state index < -0.39 is 5.67 Å². The van der Waals surface area contributed by atoms with Gasteiger partial charge in [0.1, 0.15) is 5.67 Å². The van der Waals surface area contributed by atoms with Gasteiger partial charge < -0.3 is 5.32 Å². The monoisotopic (exact) mass is 365 g/mol. The summed E-state index contributed by atoms with van der Waals surface area (Å²) in [5.41, 5.74) is -0.0988. The highest BCUT2D eigenvalue weighted by atomic mass is 32.1. The van der Waals surface area contributed by atoms with Gasteiger partial charge in [-0.3, -0.25) is 9.69 Å². The molecule has 0 radical (unpaired) electrons. The first kappa shape index (κ1) is 17.4. The number of carbonyl (C=O) groups excluding carboxylic acids is 1. The highest BCUT2D eigenvalue weighted by molar-refractivity contribution is 7.09. The van der Waals surface area contributed by atoms with Gasteiger partial charge in [0.2, 0.25) is 5.91 Å². The lowest BCUT2D eigenvalue weighted by atomic mass is 9.93. The molecule has 1 aromatic heterocycles. The van der Waals surface area contributed by atoms with Crippen molar-refractivity contribution in [2.45, 2.75) is 69.5 Å². The Morgan fingerprint density at radius 2 is 2.00 bits per heavy atom. The van der Waals surface area contributed by atoms with Crippen LogP contribution in [-0.4, -0.2) is 41.1 Å². The molecule has 1 amide bonds. The number of alkyl halides is 1. The van der Waals surface area contributed by atoms with E-state index in [2.05, 4.69) is 15.6 Å². The first-order valence-electron chi connectivity index (χ1n) is 9.75. The molecule has 4 nitrogen and oxygen atoms in total. The first-order chi connectivity index (χ1) is 12.1. The second kappa shape index (κ2) is 7.31. The van der Waals surface area contributed by atoms with E-state index in [0.29, 0.717) is 18.8 Å². The fourth-order valence-electron chi connectivity index (χ4n) is 4.01. The van der Waals surface area contributed by atoms with Crippen molar-refractivity contribution in [3.8, 4) is 0 Å². The number of aromatic nitrogens is 1. The molecular formula is C19H28FN3OS. The standard InChI is InChI=1S/C19H28FN3OS/c20-19(13-21-17(24)14-5-6-14)7-9-23(10-8-19)11-16-12-25-18(22-16)15-3-1-2-4-15/h12,14-15H,1-11,13H2,(H,21,24). The third-order valence-corrected chi connectivity index (χ3v) is 7.00. The molecule has 25 heavy (non-hydrogen) atoms. The number of piperidine rings is 1. The lowest BCUT2D eigenvalue weighted by Gasteiger charge is -2.36. The fourth-order valence-corrected chi connectivity index (χ4v) is 4.99. The van der Waals surface area contributed by atoms with Gasteiger partial charge in [-0.05, 0) is 38.5 Å². The van der Waals surface area contributed by atoms with E-state index >= 15 is 0 Å². The SMILES string of the molecule is O=C(NCC1(F)CCN(Cc2csc(C3CCCC3)n2)CC1)C1CC1. The molecule has 1 aliphatic heterocycles. The zero-order valence-corrected chi connectivity index (χ0v) is 15.6. The number of nitrogens with one attached hydrogen (secondary N) is 1. The predicted molar refractivity (Wildman–Crippen MR) is 97.4 cm³/mol. The van der Waals surface area contributed by atoms with Crippen molar-refractivity contribution in [3.63, 3.8) is 0 Å². The number of carbonyl (C=O) groups is 1. The van der Waals surface area contributed by atoms with Crippen molar-refractivity contribution in [2.24, 2.45) is 5.92 Å². The van der Waals surface area contributed by atoms with Crippen LogP contribution >= 0.6 is 11.3 Å². The summed E-state index contributed by atoms with van der Waals surface area (Å²) < 4.78 is 14.9. The Bertz CT molecular complexity index is 602. The number of hydrogen-bond acceptors (Lipinski definition) is 4. The Labute approximate surface area is 153 Å². The van der Waals surface area contributed by atoms with Crippen LogP contribution in [-0.2, 0) is 11.3 Å². The fraction of sp³-hybridized carbons (Fsp3) is 0.789. The molecule has 0 aromatic carbocycles. The third kappa shape index (κ3) is 4.40. The van der Waals surface area contributed by atoms with Crippen LogP contribution in [0.4, 0.5) is 4.39 Å².